The number of nitrogens with one attached hydrogen (secondary N) is 2. The minimum absolute atomic E-state index is 0.0212. The number of ether oxygens (including phenoxy) is 1. The van der Waals surface area contributed by atoms with Gasteiger partial charge in [-0.15, -0.1) is 0 Å². The Morgan fingerprint density at radius 2 is 1.96 bits per heavy atom. The molecule has 3 N–H and O–H groups in total. The Balaban J connectivity index is 2.51. The molecule has 0 aliphatic carbocycles. The molecule has 24 heavy (non-hydrogen) atoms. The van der Waals surface area contributed by atoms with Gasteiger partial charge < -0.3 is 25.4 Å². The molecule has 0 radical (unpaired) electrons. The Morgan fingerprint density at radius 3 is 2.50 bits per heavy atom. The van der Waals surface area contributed by atoms with E-state index in [4.69, 9.17) is 4.74 Å². The van der Waals surface area contributed by atoms with Crippen molar-refractivity contribution in [1.29, 1.82) is 0 Å². The molecule has 1 saturated heterocycles. The van der Waals surface area contributed by atoms with E-state index in [1.807, 2.05) is 18.7 Å². The summed E-state index contributed by atoms with van der Waals surface area (Å²) in [7, 11) is 1.62. The molecule has 1 heterocycles. The van der Waals surface area contributed by atoms with Gasteiger partial charge in [-0.05, 0) is 37.5 Å². The van der Waals surface area contributed by atoms with Gasteiger partial charge in [0.1, 0.15) is 6.04 Å². The third-order valence-electron chi connectivity index (χ3n) is 4.31. The molecular weight excluding hydrogens is 310 g/mol. The van der Waals surface area contributed by atoms with Crippen molar-refractivity contribution in [3.63, 3.8) is 0 Å². The molecule has 7 heteroatoms. The fourth-order valence-electron chi connectivity index (χ4n) is 2.88. The lowest BCUT2D eigenvalue weighted by atomic mass is 9.96. The van der Waals surface area contributed by atoms with E-state index in [1.165, 1.54) is 0 Å². The van der Waals surface area contributed by atoms with Gasteiger partial charge in [-0.25, -0.2) is 4.79 Å². The van der Waals surface area contributed by atoms with E-state index in [-0.39, 0.29) is 24.5 Å². The summed E-state index contributed by atoms with van der Waals surface area (Å²) in [5.74, 6) is 0.574. The highest BCUT2D eigenvalue weighted by atomic mass is 16.5. The lowest BCUT2D eigenvalue weighted by Gasteiger charge is -2.34. The largest absolute Gasteiger partial charge is 0.396 e. The number of nitrogens with zero attached hydrogens (tertiary/aromatic N) is 1. The van der Waals surface area contributed by atoms with Crippen molar-refractivity contribution in [3.8, 4) is 0 Å². The smallest absolute Gasteiger partial charge is 0.315 e. The molecule has 0 spiro atoms. The Hall–Kier alpha value is -1.34. The summed E-state index contributed by atoms with van der Waals surface area (Å²) in [6.45, 7) is 6.66. The molecular formula is C17H33N3O4. The van der Waals surface area contributed by atoms with E-state index in [0.29, 0.717) is 38.6 Å². The normalized spacial score (nSPS) is 17.0. The second kappa shape index (κ2) is 11.3. The zero-order valence-corrected chi connectivity index (χ0v) is 15.2. The van der Waals surface area contributed by atoms with Gasteiger partial charge in [0, 0.05) is 40.0 Å². The first-order valence-corrected chi connectivity index (χ1v) is 8.90. The number of amides is 3. The van der Waals surface area contributed by atoms with Gasteiger partial charge in [-0.1, -0.05) is 13.8 Å². The van der Waals surface area contributed by atoms with E-state index in [0.717, 1.165) is 19.3 Å². The van der Waals surface area contributed by atoms with Crippen LogP contribution in [-0.2, 0) is 9.53 Å². The van der Waals surface area contributed by atoms with Crippen LogP contribution in [0.3, 0.4) is 0 Å². The molecule has 0 unspecified atom stereocenters. The standard InChI is InChI=1S/C17H33N3O4/c1-13(2)11-15(19-17(23)18-7-4-10-24-3)16(22)20-8-5-14(12-21)6-9-20/h13-15,21H,4-12H2,1-3H3,(H2,18,19,23)/t15-/m1/s1. The second-order valence-electron chi connectivity index (χ2n) is 6.88. The molecule has 1 aliphatic rings. The predicted molar refractivity (Wildman–Crippen MR) is 92.7 cm³/mol. The predicted octanol–water partition coefficient (Wildman–Crippen LogP) is 0.968. The summed E-state index contributed by atoms with van der Waals surface area (Å²) in [4.78, 5) is 26.6. The molecule has 1 rings (SSSR count). The number of aliphatic hydroxyl groups is 1. The first kappa shape index (κ1) is 20.7. The van der Waals surface area contributed by atoms with Crippen LogP contribution < -0.4 is 10.6 Å². The van der Waals surface area contributed by atoms with E-state index in [9.17, 15) is 14.7 Å². The molecule has 0 aromatic carbocycles. The van der Waals surface area contributed by atoms with Gasteiger partial charge >= 0.3 is 6.03 Å². The van der Waals surface area contributed by atoms with Crippen LogP contribution in [0.4, 0.5) is 4.79 Å². The molecule has 0 aromatic heterocycles. The zero-order chi connectivity index (χ0) is 17.9. The van der Waals surface area contributed by atoms with E-state index < -0.39 is 6.04 Å². The number of hydrogen-bond acceptors (Lipinski definition) is 4. The number of aliphatic hydroxyl groups excluding tert-OH is 1. The van der Waals surface area contributed by atoms with Crippen molar-refractivity contribution in [1.82, 2.24) is 15.5 Å². The number of rotatable bonds is 9. The van der Waals surface area contributed by atoms with Crippen LogP contribution in [0, 0.1) is 11.8 Å². The van der Waals surface area contributed by atoms with Gasteiger partial charge in [-0.2, -0.15) is 0 Å². The highest BCUT2D eigenvalue weighted by Crippen LogP contribution is 2.18. The quantitative estimate of drug-likeness (QED) is 0.544. The summed E-state index contributed by atoms with van der Waals surface area (Å²) in [5, 5.41) is 14.8. The Morgan fingerprint density at radius 1 is 1.29 bits per heavy atom. The molecule has 140 valence electrons. The fourth-order valence-corrected chi connectivity index (χ4v) is 2.88. The van der Waals surface area contributed by atoms with Crippen LogP contribution in [0.5, 0.6) is 0 Å². The van der Waals surface area contributed by atoms with Gasteiger partial charge in [0.25, 0.3) is 0 Å². The molecule has 7 nitrogen and oxygen atoms in total. The van der Waals surface area contributed by atoms with Crippen molar-refractivity contribution in [2.75, 3.05) is 40.0 Å². The number of piperidine rings is 1. The molecule has 1 atom stereocenters. The van der Waals surface area contributed by atoms with Crippen molar-refractivity contribution in [2.45, 2.75) is 45.6 Å². The van der Waals surface area contributed by atoms with Crippen molar-refractivity contribution < 1.29 is 19.4 Å². The molecule has 0 bridgehead atoms. The summed E-state index contributed by atoms with van der Waals surface area (Å²) in [6.07, 6.45) is 2.99. The van der Waals surface area contributed by atoms with E-state index >= 15 is 0 Å². The number of urea groups is 1. The summed E-state index contributed by atoms with van der Waals surface area (Å²) < 4.78 is 4.94. The third-order valence-corrected chi connectivity index (χ3v) is 4.31. The van der Waals surface area contributed by atoms with Crippen molar-refractivity contribution in [3.05, 3.63) is 0 Å². The molecule has 0 saturated carbocycles. The number of carbonyl (C=O) groups is 2. The van der Waals surface area contributed by atoms with Crippen LogP contribution in [0.25, 0.3) is 0 Å². The van der Waals surface area contributed by atoms with Crippen molar-refractivity contribution >= 4 is 11.9 Å². The second-order valence-corrected chi connectivity index (χ2v) is 6.88. The third kappa shape index (κ3) is 7.49. The lowest BCUT2D eigenvalue weighted by Crippen LogP contribution is -2.53. The average Bonchev–Trinajstić information content (AvgIpc) is 2.57. The minimum atomic E-state index is -0.502. The van der Waals surface area contributed by atoms with E-state index in [1.54, 1.807) is 7.11 Å². The summed E-state index contributed by atoms with van der Waals surface area (Å²) in [6, 6.07) is -0.812. The fraction of sp³-hybridized carbons (Fsp3) is 0.882. The van der Waals surface area contributed by atoms with Crippen molar-refractivity contribution in [2.24, 2.45) is 11.8 Å². The Labute approximate surface area is 145 Å². The van der Waals surface area contributed by atoms with Gasteiger partial charge in [0.2, 0.25) is 5.91 Å². The number of carbonyl (C=O) groups excluding carboxylic acids is 2. The summed E-state index contributed by atoms with van der Waals surface area (Å²) >= 11 is 0. The maximum atomic E-state index is 12.7. The van der Waals surface area contributed by atoms with Crippen LogP contribution >= 0.6 is 0 Å². The number of likely N-dealkylation sites (tertiary alicyclic amines) is 1. The van der Waals surface area contributed by atoms with Crippen LogP contribution in [0.2, 0.25) is 0 Å². The maximum absolute atomic E-state index is 12.7. The number of hydrogen-bond donors (Lipinski definition) is 3. The molecule has 1 fully saturated rings. The first-order chi connectivity index (χ1) is 11.5. The highest BCUT2D eigenvalue weighted by molar-refractivity contribution is 5.87. The number of methoxy groups -OCH3 is 1. The Bertz CT molecular complexity index is 382. The zero-order valence-electron chi connectivity index (χ0n) is 15.2. The van der Waals surface area contributed by atoms with Crippen LogP contribution in [0.1, 0.15) is 39.5 Å². The highest BCUT2D eigenvalue weighted by Gasteiger charge is 2.29. The van der Waals surface area contributed by atoms with Gasteiger partial charge in [0.15, 0.2) is 0 Å². The topological polar surface area (TPSA) is 90.9 Å². The average molecular weight is 343 g/mol. The molecule has 3 amide bonds. The minimum Gasteiger partial charge on any atom is -0.396 e. The molecule has 0 aromatic rings. The van der Waals surface area contributed by atoms with E-state index in [2.05, 4.69) is 10.6 Å². The van der Waals surface area contributed by atoms with Gasteiger partial charge in [0.05, 0.1) is 0 Å². The summed E-state index contributed by atoms with van der Waals surface area (Å²) in [5.41, 5.74) is 0. The first-order valence-electron chi connectivity index (χ1n) is 8.90. The maximum Gasteiger partial charge on any atom is 0.315 e. The van der Waals surface area contributed by atoms with Crippen LogP contribution in [-0.4, -0.2) is 67.9 Å². The van der Waals surface area contributed by atoms with Crippen LogP contribution in [0.15, 0.2) is 0 Å². The Kier molecular flexibility index (Phi) is 9.71. The lowest BCUT2D eigenvalue weighted by molar-refractivity contribution is -0.135. The SMILES string of the molecule is COCCCNC(=O)N[C@H](CC(C)C)C(=O)N1CCC(CO)CC1. The molecule has 1 aliphatic heterocycles. The monoisotopic (exact) mass is 343 g/mol. The van der Waals surface area contributed by atoms with Gasteiger partial charge in [-0.3, -0.25) is 4.79 Å².